The minimum Gasteiger partial charge on any atom is -0.316 e. The third-order valence-electron chi connectivity index (χ3n) is 3.30. The van der Waals surface area contributed by atoms with E-state index in [1.54, 1.807) is 18.2 Å². The summed E-state index contributed by atoms with van der Waals surface area (Å²) >= 11 is 0. The van der Waals surface area contributed by atoms with Crippen molar-refractivity contribution >= 4 is 10.0 Å². The summed E-state index contributed by atoms with van der Waals surface area (Å²) < 4.78 is 27.4. The molecule has 2 N–H and O–H groups in total. The highest BCUT2D eigenvalue weighted by Crippen LogP contribution is 2.14. The lowest BCUT2D eigenvalue weighted by atomic mass is 10.2. The predicted molar refractivity (Wildman–Crippen MR) is 75.4 cm³/mol. The first kappa shape index (κ1) is 14.5. The molecule has 0 aromatic heterocycles. The van der Waals surface area contributed by atoms with Gasteiger partial charge in [0, 0.05) is 19.1 Å². The van der Waals surface area contributed by atoms with Crippen LogP contribution in [0, 0.1) is 0 Å². The number of sulfonamides is 1. The van der Waals surface area contributed by atoms with Crippen LogP contribution in [0.25, 0.3) is 0 Å². The first-order chi connectivity index (χ1) is 9.01. The minimum atomic E-state index is -3.41. The molecule has 5 nitrogen and oxygen atoms in total. The highest BCUT2D eigenvalue weighted by atomic mass is 32.2. The number of nitrogens with zero attached hydrogens (tertiary/aromatic N) is 1. The molecule has 6 heteroatoms. The van der Waals surface area contributed by atoms with E-state index in [1.807, 2.05) is 20.2 Å². The number of hydrogen-bond donors (Lipinski definition) is 2. The van der Waals surface area contributed by atoms with Crippen LogP contribution >= 0.6 is 0 Å². The first-order valence-corrected chi connectivity index (χ1v) is 7.94. The number of likely N-dealkylation sites (N-methyl/N-ethyl adjacent to an activating group) is 1. The average Bonchev–Trinajstić information content (AvgIpc) is 2.75. The quantitative estimate of drug-likeness (QED) is 0.820. The van der Waals surface area contributed by atoms with Crippen LogP contribution in [0.5, 0.6) is 0 Å². The zero-order chi connectivity index (χ0) is 13.9. The number of benzene rings is 1. The molecule has 1 aromatic rings. The Bertz CT molecular complexity index is 530. The molecule has 1 aromatic carbocycles. The fourth-order valence-electron chi connectivity index (χ4n) is 2.35. The Kier molecular flexibility index (Phi) is 4.57. The van der Waals surface area contributed by atoms with Crippen molar-refractivity contribution in [2.24, 2.45) is 0 Å². The van der Waals surface area contributed by atoms with E-state index in [4.69, 9.17) is 0 Å². The second-order valence-corrected chi connectivity index (χ2v) is 6.76. The highest BCUT2D eigenvalue weighted by molar-refractivity contribution is 7.89. The van der Waals surface area contributed by atoms with Gasteiger partial charge in [-0.2, -0.15) is 0 Å². The van der Waals surface area contributed by atoms with Gasteiger partial charge in [-0.05, 0) is 44.8 Å². The maximum Gasteiger partial charge on any atom is 0.240 e. The topological polar surface area (TPSA) is 61.4 Å². The molecular formula is C13H21N3O2S. The summed E-state index contributed by atoms with van der Waals surface area (Å²) in [5, 5.41) is 3.02. The molecule has 0 amide bonds. The molecule has 1 saturated heterocycles. The van der Waals surface area contributed by atoms with E-state index in [2.05, 4.69) is 14.9 Å². The average molecular weight is 283 g/mol. The van der Waals surface area contributed by atoms with Crippen molar-refractivity contribution in [1.82, 2.24) is 14.9 Å². The molecule has 0 aliphatic carbocycles. The van der Waals surface area contributed by atoms with Crippen LogP contribution in [-0.2, 0) is 16.6 Å². The molecule has 1 aliphatic heterocycles. The number of nitrogens with one attached hydrogen (secondary N) is 2. The molecule has 1 fully saturated rings. The van der Waals surface area contributed by atoms with Crippen molar-refractivity contribution in [1.29, 1.82) is 0 Å². The lowest BCUT2D eigenvalue weighted by Crippen LogP contribution is -2.36. The minimum absolute atomic E-state index is 0.0166. The second-order valence-electron chi connectivity index (χ2n) is 5.05. The highest BCUT2D eigenvalue weighted by Gasteiger charge is 2.25. The predicted octanol–water partition coefficient (Wildman–Crippen LogP) is 0.388. The van der Waals surface area contributed by atoms with Crippen LogP contribution in [0.3, 0.4) is 0 Å². The Hall–Kier alpha value is -0.950. The van der Waals surface area contributed by atoms with Crippen LogP contribution in [0.15, 0.2) is 29.2 Å². The maximum atomic E-state index is 12.3. The Morgan fingerprint density at radius 1 is 1.42 bits per heavy atom. The summed E-state index contributed by atoms with van der Waals surface area (Å²) in [6.45, 7) is 2.37. The van der Waals surface area contributed by atoms with E-state index in [9.17, 15) is 8.42 Å². The van der Waals surface area contributed by atoms with Gasteiger partial charge in [-0.1, -0.05) is 12.1 Å². The first-order valence-electron chi connectivity index (χ1n) is 6.45. The summed E-state index contributed by atoms with van der Waals surface area (Å²) in [5.41, 5.74) is 0.967. The Morgan fingerprint density at radius 3 is 2.84 bits per heavy atom. The zero-order valence-electron chi connectivity index (χ0n) is 11.4. The zero-order valence-corrected chi connectivity index (χ0v) is 12.2. The van der Waals surface area contributed by atoms with Crippen LogP contribution in [0.4, 0.5) is 0 Å². The van der Waals surface area contributed by atoms with Gasteiger partial charge < -0.3 is 10.2 Å². The van der Waals surface area contributed by atoms with Gasteiger partial charge in [-0.15, -0.1) is 0 Å². The number of likely N-dealkylation sites (tertiary alicyclic amines) is 1. The van der Waals surface area contributed by atoms with E-state index in [0.29, 0.717) is 11.4 Å². The summed E-state index contributed by atoms with van der Waals surface area (Å²) in [7, 11) is 0.430. The van der Waals surface area contributed by atoms with Gasteiger partial charge in [0.25, 0.3) is 0 Å². The molecular weight excluding hydrogens is 262 g/mol. The van der Waals surface area contributed by atoms with Gasteiger partial charge in [-0.3, -0.25) is 0 Å². The number of rotatable bonds is 5. The lowest BCUT2D eigenvalue weighted by Gasteiger charge is -2.14. The van der Waals surface area contributed by atoms with Crippen molar-refractivity contribution in [3.05, 3.63) is 29.8 Å². The standard InChI is InChI=1S/C13H21N3O2S/c1-14-9-11-4-3-5-13(8-11)19(17,18)15-12-6-7-16(2)10-12/h3-5,8,12,14-15H,6-7,9-10H2,1-2H3. The monoisotopic (exact) mass is 283 g/mol. The van der Waals surface area contributed by atoms with Gasteiger partial charge in [-0.25, -0.2) is 13.1 Å². The summed E-state index contributed by atoms with van der Waals surface area (Å²) in [5.74, 6) is 0. The van der Waals surface area contributed by atoms with E-state index in [0.717, 1.165) is 25.1 Å². The molecule has 1 atom stereocenters. The van der Waals surface area contributed by atoms with Crippen LogP contribution in [0.2, 0.25) is 0 Å². The third-order valence-corrected chi connectivity index (χ3v) is 4.82. The fraction of sp³-hybridized carbons (Fsp3) is 0.538. The van der Waals surface area contributed by atoms with Crippen molar-refractivity contribution in [2.75, 3.05) is 27.2 Å². The van der Waals surface area contributed by atoms with E-state index in [1.165, 1.54) is 0 Å². The van der Waals surface area contributed by atoms with Crippen molar-refractivity contribution in [3.63, 3.8) is 0 Å². The molecule has 1 heterocycles. The van der Waals surface area contributed by atoms with Crippen LogP contribution in [0.1, 0.15) is 12.0 Å². The molecule has 19 heavy (non-hydrogen) atoms. The summed E-state index contributed by atoms with van der Waals surface area (Å²) in [4.78, 5) is 2.47. The SMILES string of the molecule is CNCc1cccc(S(=O)(=O)NC2CCN(C)C2)c1. The van der Waals surface area contributed by atoms with Crippen molar-refractivity contribution < 1.29 is 8.42 Å². The molecule has 2 rings (SSSR count). The van der Waals surface area contributed by atoms with Crippen LogP contribution in [-0.4, -0.2) is 46.5 Å². The second kappa shape index (κ2) is 6.00. The normalized spacial score (nSPS) is 20.8. The fourth-order valence-corrected chi connectivity index (χ4v) is 3.68. The van der Waals surface area contributed by atoms with Gasteiger partial charge in [0.05, 0.1) is 4.90 Å². The molecule has 0 saturated carbocycles. The molecule has 0 radical (unpaired) electrons. The Labute approximate surface area is 115 Å². The summed E-state index contributed by atoms with van der Waals surface area (Å²) in [6, 6.07) is 7.07. The maximum absolute atomic E-state index is 12.3. The van der Waals surface area contributed by atoms with E-state index >= 15 is 0 Å². The van der Waals surface area contributed by atoms with Crippen molar-refractivity contribution in [3.8, 4) is 0 Å². The Morgan fingerprint density at radius 2 is 2.21 bits per heavy atom. The lowest BCUT2D eigenvalue weighted by molar-refractivity contribution is 0.407. The molecule has 1 aliphatic rings. The molecule has 0 bridgehead atoms. The largest absolute Gasteiger partial charge is 0.316 e. The third kappa shape index (κ3) is 3.76. The van der Waals surface area contributed by atoms with Gasteiger partial charge >= 0.3 is 0 Å². The van der Waals surface area contributed by atoms with Gasteiger partial charge in [0.15, 0.2) is 0 Å². The van der Waals surface area contributed by atoms with Gasteiger partial charge in [0.2, 0.25) is 10.0 Å². The van der Waals surface area contributed by atoms with Crippen molar-refractivity contribution in [2.45, 2.75) is 23.9 Å². The number of hydrogen-bond acceptors (Lipinski definition) is 4. The van der Waals surface area contributed by atoms with E-state index in [-0.39, 0.29) is 6.04 Å². The molecule has 0 spiro atoms. The molecule has 1 unspecified atom stereocenters. The molecule has 106 valence electrons. The van der Waals surface area contributed by atoms with E-state index < -0.39 is 10.0 Å². The smallest absolute Gasteiger partial charge is 0.240 e. The van der Waals surface area contributed by atoms with Crippen LogP contribution < -0.4 is 10.0 Å². The van der Waals surface area contributed by atoms with Gasteiger partial charge in [0.1, 0.15) is 0 Å². The Balaban J connectivity index is 2.12. The summed E-state index contributed by atoms with van der Waals surface area (Å²) in [6.07, 6.45) is 0.867.